The normalized spacial score (nSPS) is 15.8. The Balaban J connectivity index is 4.10. The maximum absolute atomic E-state index is 10.5. The second-order valence-electron chi connectivity index (χ2n) is 1.88. The lowest BCUT2D eigenvalue weighted by Gasteiger charge is -2.00. The summed E-state index contributed by atoms with van der Waals surface area (Å²) >= 11 is 0. The summed E-state index contributed by atoms with van der Waals surface area (Å²) in [4.78, 5) is 21.5. The molecule has 2 atom stereocenters. The zero-order valence-corrected chi connectivity index (χ0v) is 7.15. The molecule has 4 nitrogen and oxygen atoms in total. The number of isocyanates is 1. The molecule has 62 valence electrons. The van der Waals surface area contributed by atoms with Crippen molar-refractivity contribution < 1.29 is 14.3 Å². The van der Waals surface area contributed by atoms with Gasteiger partial charge in [-0.25, -0.2) is 4.79 Å². The summed E-state index contributed by atoms with van der Waals surface area (Å²) in [6, 6.07) is 0. The van der Waals surface area contributed by atoms with Crippen LogP contribution in [0.15, 0.2) is 17.1 Å². The van der Waals surface area contributed by atoms with Crippen LogP contribution in [0.1, 0.15) is 13.3 Å². The van der Waals surface area contributed by atoms with Crippen molar-refractivity contribution in [1.82, 2.24) is 0 Å². The van der Waals surface area contributed by atoms with Crippen LogP contribution in [-0.4, -0.2) is 16.8 Å². The number of rotatable bonds is 4. The Labute approximate surface area is 65.5 Å². The van der Waals surface area contributed by atoms with Gasteiger partial charge in [0.1, 0.15) is 5.78 Å². The third-order valence-corrected chi connectivity index (χ3v) is 2.02. The summed E-state index contributed by atoms with van der Waals surface area (Å²) in [7, 11) is -2.74. The van der Waals surface area contributed by atoms with Gasteiger partial charge >= 0.3 is 0 Å². The van der Waals surface area contributed by atoms with E-state index in [-0.39, 0.29) is 0 Å². The zero-order valence-electron chi connectivity index (χ0n) is 6.15. The van der Waals surface area contributed by atoms with Gasteiger partial charge in [0.2, 0.25) is 14.1 Å². The third-order valence-electron chi connectivity index (χ3n) is 1.09. The molecule has 0 heterocycles. The molecule has 0 aliphatic carbocycles. The summed E-state index contributed by atoms with van der Waals surface area (Å²) in [5.74, 6) is -0.798. The Morgan fingerprint density at radius 3 is 2.82 bits per heavy atom. The van der Waals surface area contributed by atoms with Gasteiger partial charge in [-0.3, -0.25) is 4.57 Å². The van der Waals surface area contributed by atoms with E-state index in [2.05, 4.69) is 4.99 Å². The average Bonchev–Trinajstić information content (AvgIpc) is 1.97. The van der Waals surface area contributed by atoms with Gasteiger partial charge in [0.05, 0.1) is 0 Å². The Morgan fingerprint density at radius 2 is 2.45 bits per heavy atom. The number of hydrogen-bond acceptors (Lipinski definition) is 3. The summed E-state index contributed by atoms with van der Waals surface area (Å²) in [5, 5.41) is 0. The molecule has 0 spiro atoms. The van der Waals surface area contributed by atoms with E-state index in [0.29, 0.717) is 6.42 Å². The Hall–Kier alpha value is -0.690. The first-order chi connectivity index (χ1) is 5.22. The number of hydrogen-bond donors (Lipinski definition) is 1. The van der Waals surface area contributed by atoms with Crippen LogP contribution in [0.3, 0.4) is 0 Å². The van der Waals surface area contributed by atoms with Gasteiger partial charge in [0.25, 0.3) is 0 Å². The lowest BCUT2D eigenvalue weighted by molar-refractivity contribution is 0.488. The van der Waals surface area contributed by atoms with Crippen molar-refractivity contribution in [2.75, 3.05) is 0 Å². The SMILES string of the molecule is C/C=C/CC(N=C=O)[PH](=O)O. The van der Waals surface area contributed by atoms with Crippen molar-refractivity contribution >= 4 is 14.1 Å². The molecule has 1 N–H and O–H groups in total. The minimum absolute atomic E-state index is 0.319. The minimum atomic E-state index is -2.74. The molecule has 0 aliphatic rings. The van der Waals surface area contributed by atoms with Gasteiger partial charge in [-0.1, -0.05) is 12.2 Å². The van der Waals surface area contributed by atoms with Crippen molar-refractivity contribution in [3.8, 4) is 0 Å². The van der Waals surface area contributed by atoms with Gasteiger partial charge in [0.15, 0.2) is 0 Å². The smallest absolute Gasteiger partial charge is 0.235 e. The molecule has 0 saturated heterocycles. The average molecular weight is 175 g/mol. The molecule has 0 fully saturated rings. The van der Waals surface area contributed by atoms with Crippen molar-refractivity contribution in [1.29, 1.82) is 0 Å². The fourth-order valence-corrected chi connectivity index (χ4v) is 1.04. The summed E-state index contributed by atoms with van der Waals surface area (Å²) < 4.78 is 10.5. The zero-order chi connectivity index (χ0) is 8.69. The molecule has 0 saturated carbocycles. The molecule has 11 heavy (non-hydrogen) atoms. The van der Waals surface area contributed by atoms with Crippen molar-refractivity contribution in [2.24, 2.45) is 4.99 Å². The monoisotopic (exact) mass is 175 g/mol. The Morgan fingerprint density at radius 1 is 1.82 bits per heavy atom. The fraction of sp³-hybridized carbons (Fsp3) is 0.500. The number of nitrogens with zero attached hydrogens (tertiary/aromatic N) is 1. The van der Waals surface area contributed by atoms with Gasteiger partial charge in [-0.05, 0) is 13.3 Å². The lowest BCUT2D eigenvalue weighted by Crippen LogP contribution is -1.94. The molecule has 5 heteroatoms. The number of carbonyl (C=O) groups excluding carboxylic acids is 1. The molecule has 0 aliphatic heterocycles. The highest BCUT2D eigenvalue weighted by Crippen LogP contribution is 2.26. The number of allylic oxidation sites excluding steroid dienone is 1. The highest BCUT2D eigenvalue weighted by atomic mass is 31.1. The Bertz CT molecular complexity index is 206. The first-order valence-corrected chi connectivity index (χ1v) is 4.56. The van der Waals surface area contributed by atoms with Crippen LogP contribution in [0.5, 0.6) is 0 Å². The molecule has 0 bridgehead atoms. The molecule has 0 aromatic rings. The molecule has 0 aromatic carbocycles. The van der Waals surface area contributed by atoms with Crippen LogP contribution < -0.4 is 0 Å². The van der Waals surface area contributed by atoms with Crippen molar-refractivity contribution in [3.63, 3.8) is 0 Å². The molecule has 0 rings (SSSR count). The maximum Gasteiger partial charge on any atom is 0.235 e. The van der Waals surface area contributed by atoms with Crippen LogP contribution in [0.4, 0.5) is 0 Å². The molecule has 0 aromatic heterocycles. The Kier molecular flexibility index (Phi) is 5.67. The predicted octanol–water partition coefficient (Wildman–Crippen LogP) is 1.08. The van der Waals surface area contributed by atoms with Gasteiger partial charge < -0.3 is 4.89 Å². The molecule has 0 radical (unpaired) electrons. The first-order valence-electron chi connectivity index (χ1n) is 3.13. The van der Waals surface area contributed by atoms with E-state index >= 15 is 0 Å². The summed E-state index contributed by atoms with van der Waals surface area (Å²) in [5.41, 5.74) is 0. The van der Waals surface area contributed by atoms with Gasteiger partial charge in [-0.15, -0.1) is 0 Å². The topological polar surface area (TPSA) is 66.7 Å². The van der Waals surface area contributed by atoms with E-state index in [1.54, 1.807) is 19.1 Å². The third kappa shape index (κ3) is 4.68. The van der Waals surface area contributed by atoms with E-state index in [9.17, 15) is 9.36 Å². The highest BCUT2D eigenvalue weighted by Gasteiger charge is 2.09. The van der Waals surface area contributed by atoms with E-state index in [1.807, 2.05) is 0 Å². The van der Waals surface area contributed by atoms with Crippen LogP contribution in [0, 0.1) is 0 Å². The molecule has 2 unspecified atom stereocenters. The van der Waals surface area contributed by atoms with E-state index in [4.69, 9.17) is 4.89 Å². The minimum Gasteiger partial charge on any atom is -0.345 e. The van der Waals surface area contributed by atoms with Crippen LogP contribution in [0.25, 0.3) is 0 Å². The van der Waals surface area contributed by atoms with Gasteiger partial charge in [0, 0.05) is 0 Å². The largest absolute Gasteiger partial charge is 0.345 e. The molecule has 0 amide bonds. The standard InChI is InChI=1S/C6H10NO3P/c1-2-3-4-6(7-5-8)11(9)10/h2-3,6,11H,4H2,1H3,(H,9,10)/b3-2+. The van der Waals surface area contributed by atoms with E-state index in [0.717, 1.165) is 0 Å². The second-order valence-corrected chi connectivity index (χ2v) is 3.22. The maximum atomic E-state index is 10.5. The summed E-state index contributed by atoms with van der Waals surface area (Å²) in [6.07, 6.45) is 5.00. The second kappa shape index (κ2) is 6.05. The van der Waals surface area contributed by atoms with E-state index < -0.39 is 13.8 Å². The highest BCUT2D eigenvalue weighted by molar-refractivity contribution is 7.38. The lowest BCUT2D eigenvalue weighted by atomic mass is 10.4. The van der Waals surface area contributed by atoms with Crippen LogP contribution in [-0.2, 0) is 9.36 Å². The fourth-order valence-electron chi connectivity index (χ4n) is 0.537. The first kappa shape index (κ1) is 10.3. The van der Waals surface area contributed by atoms with Crippen LogP contribution in [0.2, 0.25) is 0 Å². The quantitative estimate of drug-likeness (QED) is 0.301. The van der Waals surface area contributed by atoms with Crippen molar-refractivity contribution in [3.05, 3.63) is 12.2 Å². The molecular weight excluding hydrogens is 165 g/mol. The predicted molar refractivity (Wildman–Crippen MR) is 42.6 cm³/mol. The summed E-state index contributed by atoms with van der Waals surface area (Å²) in [6.45, 7) is 1.79. The van der Waals surface area contributed by atoms with E-state index in [1.165, 1.54) is 6.08 Å². The van der Waals surface area contributed by atoms with Crippen LogP contribution >= 0.6 is 8.03 Å². The molecular formula is C6H10NO3P. The van der Waals surface area contributed by atoms with Crippen molar-refractivity contribution in [2.45, 2.75) is 19.1 Å². The van der Waals surface area contributed by atoms with Gasteiger partial charge in [-0.2, -0.15) is 4.99 Å². The number of aliphatic imine (C=N–C) groups is 1.